The van der Waals surface area contributed by atoms with E-state index >= 15 is 0 Å². The van der Waals surface area contributed by atoms with Crippen LogP contribution in [-0.2, 0) is 11.3 Å². The summed E-state index contributed by atoms with van der Waals surface area (Å²) in [6.45, 7) is -0.505. The molecule has 0 radical (unpaired) electrons. The molecule has 0 bridgehead atoms. The fourth-order valence-corrected chi connectivity index (χ4v) is 3.78. The minimum Gasteiger partial charge on any atom is -0.496 e. The Kier molecular flexibility index (Phi) is 9.76. The minimum atomic E-state index is -0.916. The molecule has 0 heterocycles. The Labute approximate surface area is 213 Å². The van der Waals surface area contributed by atoms with Crippen LogP contribution in [0, 0.1) is 5.82 Å². The first kappa shape index (κ1) is 27.4. The topological polar surface area (TPSA) is 115 Å². The Morgan fingerprint density at radius 3 is 2.46 bits per heavy atom. The molecule has 3 rings (SSSR count). The van der Waals surface area contributed by atoms with Crippen LogP contribution in [0.4, 0.5) is 8.78 Å². The molecular weight excluding hydrogens is 482 g/mol. The van der Waals surface area contributed by atoms with Crippen LogP contribution in [0.5, 0.6) is 11.5 Å². The lowest BCUT2D eigenvalue weighted by atomic mass is 10.0. The van der Waals surface area contributed by atoms with Crippen molar-refractivity contribution in [2.24, 2.45) is 10.7 Å². The number of nitrogens with zero attached hydrogens (tertiary/aromatic N) is 1. The average molecular weight is 513 g/mol. The highest BCUT2D eigenvalue weighted by Crippen LogP contribution is 2.32. The maximum absolute atomic E-state index is 13.3. The third-order valence-electron chi connectivity index (χ3n) is 5.73. The van der Waals surface area contributed by atoms with Gasteiger partial charge in [0.1, 0.15) is 35.9 Å². The number of carbonyl (C=O) groups is 2. The van der Waals surface area contributed by atoms with Crippen LogP contribution in [0.1, 0.15) is 28.8 Å². The second kappa shape index (κ2) is 13.2. The van der Waals surface area contributed by atoms with E-state index in [9.17, 15) is 18.4 Å². The molecule has 0 saturated carbocycles. The highest BCUT2D eigenvalue weighted by molar-refractivity contribution is 6.04. The number of ether oxygens (including phenoxy) is 2. The number of hydrogen-bond acceptors (Lipinski definition) is 5. The fraction of sp³-hybridized carbons (Fsp3) is 0.296. The van der Waals surface area contributed by atoms with Crippen molar-refractivity contribution in [3.05, 3.63) is 71.5 Å². The number of hydrogen-bond donors (Lipinski definition) is 3. The lowest BCUT2D eigenvalue weighted by Crippen LogP contribution is -2.46. The third-order valence-corrected chi connectivity index (χ3v) is 5.73. The van der Waals surface area contributed by atoms with Gasteiger partial charge in [-0.05, 0) is 54.1 Å². The van der Waals surface area contributed by atoms with E-state index < -0.39 is 24.5 Å². The Balaban J connectivity index is 1.80. The number of nitrogens with one attached hydrogen (secondary N) is 2. The standard InChI is InChI=1S/C27H30F2N4O4/c1-36-23-7-3-5-18-13-21(24(37-2)14-20(18)23)26(34)33-22(6-4-12-31-25(30)15-28)27(35)32-16-17-8-10-19(29)11-9-17/h3,5,7-11,13-14,22H,4,6,12,15-16H2,1-2H3,(H2,30,31)(H,32,35)(H,33,34). The Hall–Kier alpha value is -4.21. The molecule has 1 unspecified atom stereocenters. The van der Waals surface area contributed by atoms with Gasteiger partial charge < -0.3 is 25.8 Å². The average Bonchev–Trinajstić information content (AvgIpc) is 2.92. The van der Waals surface area contributed by atoms with Crippen molar-refractivity contribution in [2.75, 3.05) is 27.4 Å². The van der Waals surface area contributed by atoms with E-state index in [1.807, 2.05) is 12.1 Å². The molecule has 3 aromatic carbocycles. The molecule has 4 N–H and O–H groups in total. The number of amides is 2. The van der Waals surface area contributed by atoms with Gasteiger partial charge in [-0.2, -0.15) is 0 Å². The molecule has 2 amide bonds. The first-order valence-electron chi connectivity index (χ1n) is 11.7. The van der Waals surface area contributed by atoms with Crippen molar-refractivity contribution in [2.45, 2.75) is 25.4 Å². The van der Waals surface area contributed by atoms with E-state index in [4.69, 9.17) is 15.2 Å². The molecule has 0 spiro atoms. The van der Waals surface area contributed by atoms with Crippen LogP contribution >= 0.6 is 0 Å². The smallest absolute Gasteiger partial charge is 0.255 e. The molecule has 1 atom stereocenters. The van der Waals surface area contributed by atoms with Crippen LogP contribution in [-0.4, -0.2) is 51.1 Å². The van der Waals surface area contributed by atoms with Crippen molar-refractivity contribution in [1.82, 2.24) is 10.6 Å². The maximum atomic E-state index is 13.3. The van der Waals surface area contributed by atoms with Gasteiger partial charge in [0.2, 0.25) is 5.91 Å². The van der Waals surface area contributed by atoms with Crippen LogP contribution in [0.3, 0.4) is 0 Å². The van der Waals surface area contributed by atoms with Gasteiger partial charge in [-0.15, -0.1) is 0 Å². The number of aliphatic imine (C=N–C) groups is 1. The van der Waals surface area contributed by atoms with E-state index in [1.165, 1.54) is 19.2 Å². The second-order valence-electron chi connectivity index (χ2n) is 8.25. The summed E-state index contributed by atoms with van der Waals surface area (Å²) in [4.78, 5) is 30.2. The normalized spacial score (nSPS) is 12.2. The molecule has 0 aliphatic carbocycles. The summed E-state index contributed by atoms with van der Waals surface area (Å²) in [6.07, 6.45) is 0.607. The number of carbonyl (C=O) groups excluding carboxylic acids is 2. The maximum Gasteiger partial charge on any atom is 0.255 e. The largest absolute Gasteiger partial charge is 0.496 e. The van der Waals surface area contributed by atoms with Crippen molar-refractivity contribution in [1.29, 1.82) is 0 Å². The summed E-state index contributed by atoms with van der Waals surface area (Å²) >= 11 is 0. The summed E-state index contributed by atoms with van der Waals surface area (Å²) < 4.78 is 36.6. The molecule has 196 valence electrons. The molecule has 0 aliphatic heterocycles. The lowest BCUT2D eigenvalue weighted by molar-refractivity contribution is -0.123. The number of benzene rings is 3. The van der Waals surface area contributed by atoms with E-state index in [0.717, 1.165) is 10.8 Å². The van der Waals surface area contributed by atoms with E-state index in [0.29, 0.717) is 23.5 Å². The van der Waals surface area contributed by atoms with Gasteiger partial charge in [-0.3, -0.25) is 14.6 Å². The summed E-state index contributed by atoms with van der Waals surface area (Å²) in [7, 11) is 3.01. The number of nitrogens with two attached hydrogens (primary N) is 1. The van der Waals surface area contributed by atoms with E-state index in [-0.39, 0.29) is 36.7 Å². The molecule has 0 aliphatic rings. The van der Waals surface area contributed by atoms with Crippen LogP contribution in [0.15, 0.2) is 59.6 Å². The first-order chi connectivity index (χ1) is 17.9. The van der Waals surface area contributed by atoms with Gasteiger partial charge in [0.15, 0.2) is 0 Å². The predicted octanol–water partition coefficient (Wildman–Crippen LogP) is 3.52. The van der Waals surface area contributed by atoms with Crippen molar-refractivity contribution in [3.8, 4) is 11.5 Å². The number of alkyl halides is 1. The lowest BCUT2D eigenvalue weighted by Gasteiger charge is -2.20. The van der Waals surface area contributed by atoms with Gasteiger partial charge in [-0.25, -0.2) is 8.78 Å². The molecule has 0 saturated heterocycles. The minimum absolute atomic E-state index is 0.127. The molecular formula is C27H30F2N4O4. The summed E-state index contributed by atoms with van der Waals surface area (Å²) in [5.41, 5.74) is 6.35. The Morgan fingerprint density at radius 2 is 1.78 bits per heavy atom. The van der Waals surface area contributed by atoms with Gasteiger partial charge in [0, 0.05) is 18.5 Å². The van der Waals surface area contributed by atoms with Gasteiger partial charge in [-0.1, -0.05) is 24.3 Å². The molecule has 3 aromatic rings. The summed E-state index contributed by atoms with van der Waals surface area (Å²) in [5, 5.41) is 7.07. The van der Waals surface area contributed by atoms with Crippen LogP contribution in [0.25, 0.3) is 10.8 Å². The van der Waals surface area contributed by atoms with Crippen LogP contribution in [0.2, 0.25) is 0 Å². The Bertz CT molecular complexity index is 1270. The van der Waals surface area contributed by atoms with Gasteiger partial charge >= 0.3 is 0 Å². The summed E-state index contributed by atoms with van der Waals surface area (Å²) in [6, 6.07) is 13.6. The zero-order chi connectivity index (χ0) is 26.8. The molecule has 0 fully saturated rings. The van der Waals surface area contributed by atoms with Gasteiger partial charge in [0.25, 0.3) is 5.91 Å². The number of amidine groups is 1. The molecule has 37 heavy (non-hydrogen) atoms. The number of fused-ring (bicyclic) bond motifs is 1. The van der Waals surface area contributed by atoms with Crippen molar-refractivity contribution >= 4 is 28.4 Å². The number of rotatable bonds is 12. The predicted molar refractivity (Wildman–Crippen MR) is 138 cm³/mol. The SMILES string of the molecule is COc1cc2c(OC)cccc2cc1C(=O)NC(CCCN=C(N)CF)C(=O)NCc1ccc(F)cc1. The second-order valence-corrected chi connectivity index (χ2v) is 8.25. The quantitative estimate of drug-likeness (QED) is 0.195. The van der Waals surface area contributed by atoms with Crippen LogP contribution < -0.4 is 25.8 Å². The molecule has 10 heteroatoms. The first-order valence-corrected chi connectivity index (χ1v) is 11.7. The van der Waals surface area contributed by atoms with Crippen molar-refractivity contribution in [3.63, 3.8) is 0 Å². The third kappa shape index (κ3) is 7.39. The molecule has 0 aromatic heterocycles. The summed E-state index contributed by atoms with van der Waals surface area (Å²) in [5.74, 6) is -0.487. The van der Waals surface area contributed by atoms with Gasteiger partial charge in [0.05, 0.1) is 19.8 Å². The van der Waals surface area contributed by atoms with E-state index in [1.54, 1.807) is 37.4 Å². The zero-order valence-electron chi connectivity index (χ0n) is 20.7. The zero-order valence-corrected chi connectivity index (χ0v) is 20.7. The highest BCUT2D eigenvalue weighted by Gasteiger charge is 2.23. The monoisotopic (exact) mass is 512 g/mol. The van der Waals surface area contributed by atoms with E-state index in [2.05, 4.69) is 15.6 Å². The number of methoxy groups -OCH3 is 2. The van der Waals surface area contributed by atoms with Crippen molar-refractivity contribution < 1.29 is 27.8 Å². The fourth-order valence-electron chi connectivity index (χ4n) is 3.78. The number of halogens is 2. The molecule has 8 nitrogen and oxygen atoms in total. The Morgan fingerprint density at radius 1 is 1.05 bits per heavy atom. The highest BCUT2D eigenvalue weighted by atomic mass is 19.1.